The number of nitrogens with one attached hydrogen (secondary N) is 1. The highest BCUT2D eigenvalue weighted by Gasteiger charge is 2.28. The van der Waals surface area contributed by atoms with E-state index in [2.05, 4.69) is 5.32 Å². The molecule has 0 saturated heterocycles. The molecule has 1 nitrogen and oxygen atoms in total. The molecule has 20 heavy (non-hydrogen) atoms. The Bertz CT molecular complexity index is 629. The van der Waals surface area contributed by atoms with E-state index in [1.54, 1.807) is 28.1 Å². The largest absolute Gasteiger partial charge is 0.305 e. The van der Waals surface area contributed by atoms with E-state index in [1.165, 1.54) is 36.1 Å². The zero-order valence-corrected chi connectivity index (χ0v) is 12.2. The molecule has 2 aromatic rings. The molecule has 2 heterocycles. The third kappa shape index (κ3) is 2.00. The Balaban J connectivity index is 1.78. The molecule has 0 saturated carbocycles. The minimum absolute atomic E-state index is 0.157. The molecule has 1 aliphatic heterocycles. The monoisotopic (exact) mass is 287 g/mol. The molecule has 1 aliphatic carbocycles. The molecule has 2 aliphatic rings. The van der Waals surface area contributed by atoms with Gasteiger partial charge in [0.15, 0.2) is 0 Å². The van der Waals surface area contributed by atoms with Crippen LogP contribution in [0.2, 0.25) is 0 Å². The van der Waals surface area contributed by atoms with E-state index in [9.17, 15) is 4.39 Å². The van der Waals surface area contributed by atoms with Crippen molar-refractivity contribution in [1.29, 1.82) is 0 Å². The van der Waals surface area contributed by atoms with E-state index >= 15 is 0 Å². The van der Waals surface area contributed by atoms with Gasteiger partial charge in [0.1, 0.15) is 5.82 Å². The smallest absolute Gasteiger partial charge is 0.123 e. The van der Waals surface area contributed by atoms with Crippen LogP contribution in [-0.2, 0) is 19.3 Å². The van der Waals surface area contributed by atoms with Gasteiger partial charge >= 0.3 is 0 Å². The topological polar surface area (TPSA) is 12.0 Å². The first kappa shape index (κ1) is 12.5. The highest BCUT2D eigenvalue weighted by molar-refractivity contribution is 7.12. The van der Waals surface area contributed by atoms with E-state index in [4.69, 9.17) is 0 Å². The van der Waals surface area contributed by atoms with E-state index in [0.717, 1.165) is 13.0 Å². The minimum atomic E-state index is -0.157. The third-order valence-electron chi connectivity index (χ3n) is 4.50. The predicted molar refractivity (Wildman–Crippen MR) is 80.9 cm³/mol. The Morgan fingerprint density at radius 3 is 2.65 bits per heavy atom. The van der Waals surface area contributed by atoms with Crippen LogP contribution in [0.1, 0.15) is 45.3 Å². The van der Waals surface area contributed by atoms with Gasteiger partial charge in [-0.05, 0) is 60.9 Å². The van der Waals surface area contributed by atoms with E-state index in [1.807, 2.05) is 23.5 Å². The molecule has 0 spiro atoms. The average Bonchev–Trinajstić information content (AvgIpc) is 2.87. The molecule has 1 aromatic heterocycles. The molecule has 4 rings (SSSR count). The van der Waals surface area contributed by atoms with Crippen molar-refractivity contribution in [2.24, 2.45) is 0 Å². The van der Waals surface area contributed by atoms with Crippen molar-refractivity contribution in [3.8, 4) is 0 Å². The first-order valence-electron chi connectivity index (χ1n) is 7.45. The van der Waals surface area contributed by atoms with Crippen LogP contribution in [0.15, 0.2) is 24.3 Å². The maximum atomic E-state index is 13.1. The molecular weight excluding hydrogens is 269 g/mol. The van der Waals surface area contributed by atoms with E-state index < -0.39 is 0 Å². The molecule has 0 amide bonds. The summed E-state index contributed by atoms with van der Waals surface area (Å²) in [5.41, 5.74) is 4.42. The highest BCUT2D eigenvalue weighted by atomic mass is 32.1. The Morgan fingerprint density at radius 1 is 1.00 bits per heavy atom. The lowest BCUT2D eigenvalue weighted by Gasteiger charge is -2.25. The Labute approximate surface area is 122 Å². The van der Waals surface area contributed by atoms with Gasteiger partial charge in [-0.15, -0.1) is 11.3 Å². The van der Waals surface area contributed by atoms with Crippen molar-refractivity contribution in [3.63, 3.8) is 0 Å². The third-order valence-corrected chi connectivity index (χ3v) is 5.90. The van der Waals surface area contributed by atoms with Gasteiger partial charge < -0.3 is 5.32 Å². The number of hydrogen-bond acceptors (Lipinski definition) is 2. The first-order chi connectivity index (χ1) is 9.83. The first-order valence-corrected chi connectivity index (χ1v) is 8.27. The summed E-state index contributed by atoms with van der Waals surface area (Å²) in [7, 11) is 0. The summed E-state index contributed by atoms with van der Waals surface area (Å²) in [6.45, 7) is 1.03. The lowest BCUT2D eigenvalue weighted by molar-refractivity contribution is 0.570. The Morgan fingerprint density at radius 2 is 1.80 bits per heavy atom. The van der Waals surface area contributed by atoms with Crippen LogP contribution in [0, 0.1) is 5.82 Å². The van der Waals surface area contributed by atoms with Crippen molar-refractivity contribution < 1.29 is 4.39 Å². The second-order valence-electron chi connectivity index (χ2n) is 5.74. The van der Waals surface area contributed by atoms with Crippen molar-refractivity contribution in [3.05, 3.63) is 56.5 Å². The fourth-order valence-electron chi connectivity index (χ4n) is 3.52. The molecule has 1 unspecified atom stereocenters. The lowest BCUT2D eigenvalue weighted by Crippen LogP contribution is -2.29. The standard InChI is InChI=1S/C17H18FNS/c18-12-7-5-11(6-8-12)16-17-14(9-10-19-16)13-3-1-2-4-15(13)20-17/h5-8,16,19H,1-4,9-10H2. The summed E-state index contributed by atoms with van der Waals surface area (Å²) in [5.74, 6) is -0.157. The fraction of sp³-hybridized carbons (Fsp3) is 0.412. The molecule has 104 valence electrons. The van der Waals surface area contributed by atoms with Gasteiger partial charge in [-0.25, -0.2) is 4.39 Å². The second kappa shape index (κ2) is 4.97. The van der Waals surface area contributed by atoms with Gasteiger partial charge in [0.25, 0.3) is 0 Å². The summed E-state index contributed by atoms with van der Waals surface area (Å²) in [6, 6.07) is 7.23. The van der Waals surface area contributed by atoms with Crippen molar-refractivity contribution >= 4 is 11.3 Å². The van der Waals surface area contributed by atoms with E-state index in [0.29, 0.717) is 0 Å². The van der Waals surface area contributed by atoms with Crippen LogP contribution in [0.3, 0.4) is 0 Å². The zero-order valence-electron chi connectivity index (χ0n) is 11.4. The van der Waals surface area contributed by atoms with Crippen molar-refractivity contribution in [2.75, 3.05) is 6.54 Å². The van der Waals surface area contributed by atoms with Crippen LogP contribution in [0.4, 0.5) is 4.39 Å². The Hall–Kier alpha value is -1.19. The van der Waals surface area contributed by atoms with Crippen molar-refractivity contribution in [1.82, 2.24) is 5.32 Å². The summed E-state index contributed by atoms with van der Waals surface area (Å²) >= 11 is 1.99. The minimum Gasteiger partial charge on any atom is -0.305 e. The van der Waals surface area contributed by atoms with Gasteiger partial charge in [-0.1, -0.05) is 12.1 Å². The molecule has 0 bridgehead atoms. The van der Waals surface area contributed by atoms with Gasteiger partial charge in [0.2, 0.25) is 0 Å². The normalized spacial score (nSPS) is 21.4. The maximum Gasteiger partial charge on any atom is 0.123 e. The maximum absolute atomic E-state index is 13.1. The molecular formula is C17H18FNS. The van der Waals surface area contributed by atoms with Crippen LogP contribution >= 0.6 is 11.3 Å². The van der Waals surface area contributed by atoms with Gasteiger partial charge in [-0.3, -0.25) is 0 Å². The number of hydrogen-bond donors (Lipinski definition) is 1. The summed E-state index contributed by atoms with van der Waals surface area (Å²) in [5, 5.41) is 3.61. The van der Waals surface area contributed by atoms with Gasteiger partial charge in [-0.2, -0.15) is 0 Å². The summed E-state index contributed by atoms with van der Waals surface area (Å²) < 4.78 is 13.1. The number of aryl methyl sites for hydroxylation is 1. The summed E-state index contributed by atoms with van der Waals surface area (Å²) in [6.07, 6.45) is 6.34. The van der Waals surface area contributed by atoms with Gasteiger partial charge in [0.05, 0.1) is 6.04 Å². The fourth-order valence-corrected chi connectivity index (χ4v) is 5.06. The lowest BCUT2D eigenvalue weighted by atomic mass is 9.89. The number of rotatable bonds is 1. The number of halogens is 1. The Kier molecular flexibility index (Phi) is 3.12. The molecule has 1 aromatic carbocycles. The van der Waals surface area contributed by atoms with Crippen LogP contribution < -0.4 is 5.32 Å². The van der Waals surface area contributed by atoms with Crippen LogP contribution in [-0.4, -0.2) is 6.54 Å². The second-order valence-corrected chi connectivity index (χ2v) is 6.88. The van der Waals surface area contributed by atoms with Crippen LogP contribution in [0.5, 0.6) is 0 Å². The SMILES string of the molecule is Fc1ccc(C2NCCc3c2sc2c3CCCC2)cc1. The number of fused-ring (bicyclic) bond motifs is 3. The van der Waals surface area contributed by atoms with E-state index in [-0.39, 0.29) is 11.9 Å². The number of benzene rings is 1. The summed E-state index contributed by atoms with van der Waals surface area (Å²) in [4.78, 5) is 3.09. The van der Waals surface area contributed by atoms with Gasteiger partial charge in [0, 0.05) is 16.3 Å². The molecule has 0 radical (unpaired) electrons. The number of thiophene rings is 1. The highest BCUT2D eigenvalue weighted by Crippen LogP contribution is 2.41. The predicted octanol–water partition coefficient (Wildman–Crippen LogP) is 4.00. The average molecular weight is 287 g/mol. The van der Waals surface area contributed by atoms with Crippen molar-refractivity contribution in [2.45, 2.75) is 38.1 Å². The molecule has 1 N–H and O–H groups in total. The quantitative estimate of drug-likeness (QED) is 0.836. The van der Waals surface area contributed by atoms with Crippen LogP contribution in [0.25, 0.3) is 0 Å². The zero-order chi connectivity index (χ0) is 13.5. The molecule has 1 atom stereocenters. The molecule has 3 heteroatoms. The molecule has 0 fully saturated rings.